The lowest BCUT2D eigenvalue weighted by Crippen LogP contribution is -2.35. The fourth-order valence-electron chi connectivity index (χ4n) is 2.26. The maximum atomic E-state index is 6.48. The highest BCUT2D eigenvalue weighted by Crippen LogP contribution is 2.31. The van der Waals surface area contributed by atoms with E-state index in [1.165, 1.54) is 10.4 Å². The van der Waals surface area contributed by atoms with Gasteiger partial charge in [-0.15, -0.1) is 11.3 Å². The van der Waals surface area contributed by atoms with Gasteiger partial charge >= 0.3 is 0 Å². The number of benzene rings is 1. The Bertz CT molecular complexity index is 590. The molecule has 0 aliphatic heterocycles. The van der Waals surface area contributed by atoms with Gasteiger partial charge in [0.1, 0.15) is 0 Å². The molecule has 20 heavy (non-hydrogen) atoms. The molecule has 0 aliphatic carbocycles. The molecule has 1 aromatic heterocycles. The van der Waals surface area contributed by atoms with Crippen molar-refractivity contribution in [3.63, 3.8) is 0 Å². The van der Waals surface area contributed by atoms with Crippen LogP contribution in [-0.2, 0) is 12.0 Å². The first-order valence-corrected chi connectivity index (χ1v) is 7.39. The minimum absolute atomic E-state index is 0.385. The largest absolute Gasteiger partial charge is 0.493 e. The molecule has 0 spiro atoms. The molecular formula is C16H21NO2S. The zero-order valence-electron chi connectivity index (χ0n) is 12.4. The van der Waals surface area contributed by atoms with E-state index in [1.54, 1.807) is 25.6 Å². The van der Waals surface area contributed by atoms with Gasteiger partial charge < -0.3 is 15.2 Å². The molecule has 4 heteroatoms. The monoisotopic (exact) mass is 291 g/mol. The van der Waals surface area contributed by atoms with Crippen molar-refractivity contribution in [3.05, 3.63) is 45.6 Å². The fourth-order valence-corrected chi connectivity index (χ4v) is 3.10. The summed E-state index contributed by atoms with van der Waals surface area (Å²) in [6, 6.07) is 8.10. The van der Waals surface area contributed by atoms with Crippen molar-refractivity contribution in [2.45, 2.75) is 25.8 Å². The van der Waals surface area contributed by atoms with E-state index in [-0.39, 0.29) is 5.54 Å². The van der Waals surface area contributed by atoms with E-state index in [0.717, 1.165) is 23.5 Å². The molecule has 0 radical (unpaired) electrons. The lowest BCUT2D eigenvalue weighted by atomic mass is 9.88. The number of thiophene rings is 1. The molecule has 0 bridgehead atoms. The Labute approximate surface area is 124 Å². The minimum Gasteiger partial charge on any atom is -0.493 e. The van der Waals surface area contributed by atoms with Gasteiger partial charge in [0.05, 0.1) is 14.2 Å². The second kappa shape index (κ2) is 5.85. The Balaban J connectivity index is 2.25. The van der Waals surface area contributed by atoms with Crippen molar-refractivity contribution in [2.75, 3.05) is 14.2 Å². The summed E-state index contributed by atoms with van der Waals surface area (Å²) in [5, 5.41) is 2.14. The van der Waals surface area contributed by atoms with Crippen LogP contribution in [0.5, 0.6) is 11.5 Å². The Morgan fingerprint density at radius 2 is 1.85 bits per heavy atom. The molecule has 0 fully saturated rings. The molecule has 2 aromatic rings. The predicted molar refractivity (Wildman–Crippen MR) is 83.8 cm³/mol. The van der Waals surface area contributed by atoms with Crippen LogP contribution >= 0.6 is 11.3 Å². The molecule has 108 valence electrons. The minimum atomic E-state index is -0.385. The highest BCUT2D eigenvalue weighted by molar-refractivity contribution is 7.10. The van der Waals surface area contributed by atoms with E-state index >= 15 is 0 Å². The van der Waals surface area contributed by atoms with Crippen molar-refractivity contribution >= 4 is 11.3 Å². The molecule has 1 atom stereocenters. The Morgan fingerprint density at radius 3 is 2.40 bits per heavy atom. The van der Waals surface area contributed by atoms with Crippen LogP contribution in [0.25, 0.3) is 0 Å². The first-order chi connectivity index (χ1) is 9.46. The first-order valence-electron chi connectivity index (χ1n) is 6.51. The second-order valence-electron chi connectivity index (χ2n) is 5.23. The van der Waals surface area contributed by atoms with Crippen molar-refractivity contribution in [2.24, 2.45) is 5.73 Å². The highest BCUT2D eigenvalue weighted by atomic mass is 32.1. The normalized spacial score (nSPS) is 13.8. The van der Waals surface area contributed by atoms with Crippen LogP contribution in [0.2, 0.25) is 0 Å². The quantitative estimate of drug-likeness (QED) is 0.917. The number of nitrogens with two attached hydrogens (primary N) is 1. The van der Waals surface area contributed by atoms with Gasteiger partial charge in [-0.25, -0.2) is 0 Å². The Hall–Kier alpha value is -1.52. The van der Waals surface area contributed by atoms with Crippen molar-refractivity contribution < 1.29 is 9.47 Å². The van der Waals surface area contributed by atoms with Crippen LogP contribution in [0.3, 0.4) is 0 Å². The summed E-state index contributed by atoms with van der Waals surface area (Å²) in [6.07, 6.45) is 0.753. The summed E-state index contributed by atoms with van der Waals surface area (Å²) in [7, 11) is 3.28. The summed E-state index contributed by atoms with van der Waals surface area (Å²) in [4.78, 5) is 1.28. The second-order valence-corrected chi connectivity index (χ2v) is 6.34. The SMILES string of the molecule is COc1ccc(CC(C)(N)c2csc(C)c2)cc1OC. The Morgan fingerprint density at radius 1 is 1.15 bits per heavy atom. The molecule has 0 aliphatic rings. The number of ether oxygens (including phenoxy) is 2. The summed E-state index contributed by atoms with van der Waals surface area (Å²) in [5.74, 6) is 1.48. The maximum Gasteiger partial charge on any atom is 0.160 e. The molecule has 1 heterocycles. The van der Waals surface area contributed by atoms with Crippen LogP contribution in [0, 0.1) is 6.92 Å². The number of aryl methyl sites for hydroxylation is 1. The lowest BCUT2D eigenvalue weighted by molar-refractivity contribution is 0.354. The maximum absolute atomic E-state index is 6.48. The number of methoxy groups -OCH3 is 2. The van der Waals surface area contributed by atoms with E-state index in [2.05, 4.69) is 25.3 Å². The van der Waals surface area contributed by atoms with Gasteiger partial charge in [-0.05, 0) is 55.0 Å². The van der Waals surface area contributed by atoms with Crippen molar-refractivity contribution in [3.8, 4) is 11.5 Å². The van der Waals surface area contributed by atoms with E-state index in [4.69, 9.17) is 15.2 Å². The topological polar surface area (TPSA) is 44.5 Å². The van der Waals surface area contributed by atoms with Gasteiger partial charge in [0.15, 0.2) is 11.5 Å². The standard InChI is InChI=1S/C16H21NO2S/c1-11-7-13(10-20-11)16(2,17)9-12-5-6-14(18-3)15(8-12)19-4/h5-8,10H,9,17H2,1-4H3. The van der Waals surface area contributed by atoms with E-state index in [9.17, 15) is 0 Å². The number of hydrogen-bond donors (Lipinski definition) is 1. The molecule has 3 nitrogen and oxygen atoms in total. The average Bonchev–Trinajstić information content (AvgIpc) is 2.85. The van der Waals surface area contributed by atoms with Crippen LogP contribution in [0.4, 0.5) is 0 Å². The van der Waals surface area contributed by atoms with Gasteiger partial charge in [-0.2, -0.15) is 0 Å². The number of hydrogen-bond acceptors (Lipinski definition) is 4. The third-order valence-electron chi connectivity index (χ3n) is 3.41. The highest BCUT2D eigenvalue weighted by Gasteiger charge is 2.23. The average molecular weight is 291 g/mol. The van der Waals surface area contributed by atoms with Crippen molar-refractivity contribution in [1.82, 2.24) is 0 Å². The summed E-state index contributed by atoms with van der Waals surface area (Å²) in [5.41, 5.74) is 8.41. The van der Waals surface area contributed by atoms with Gasteiger partial charge in [0.2, 0.25) is 0 Å². The Kier molecular flexibility index (Phi) is 4.35. The third-order valence-corrected chi connectivity index (χ3v) is 4.27. The summed E-state index contributed by atoms with van der Waals surface area (Å²) in [6.45, 7) is 4.16. The van der Waals surface area contributed by atoms with Crippen molar-refractivity contribution in [1.29, 1.82) is 0 Å². The van der Waals surface area contributed by atoms with Gasteiger partial charge in [-0.3, -0.25) is 0 Å². The van der Waals surface area contributed by atoms with E-state index in [1.807, 2.05) is 18.2 Å². The zero-order chi connectivity index (χ0) is 14.8. The molecule has 0 amide bonds. The molecule has 1 aromatic carbocycles. The number of rotatable bonds is 5. The molecule has 0 saturated carbocycles. The van der Waals surface area contributed by atoms with Crippen LogP contribution in [0.1, 0.15) is 22.9 Å². The van der Waals surface area contributed by atoms with Gasteiger partial charge in [0.25, 0.3) is 0 Å². The molecular weight excluding hydrogens is 270 g/mol. The molecule has 2 rings (SSSR count). The van der Waals surface area contributed by atoms with E-state index < -0.39 is 0 Å². The van der Waals surface area contributed by atoms with Crippen LogP contribution in [0.15, 0.2) is 29.6 Å². The van der Waals surface area contributed by atoms with Gasteiger partial charge in [0, 0.05) is 10.4 Å². The summed E-state index contributed by atoms with van der Waals surface area (Å²) >= 11 is 1.73. The molecule has 1 unspecified atom stereocenters. The summed E-state index contributed by atoms with van der Waals surface area (Å²) < 4.78 is 10.6. The lowest BCUT2D eigenvalue weighted by Gasteiger charge is -2.24. The van der Waals surface area contributed by atoms with E-state index in [0.29, 0.717) is 0 Å². The fraction of sp³-hybridized carbons (Fsp3) is 0.375. The van der Waals surface area contributed by atoms with Crippen LogP contribution < -0.4 is 15.2 Å². The molecule has 0 saturated heterocycles. The molecule has 2 N–H and O–H groups in total. The predicted octanol–water partition coefficient (Wildman–Crippen LogP) is 3.49. The van der Waals surface area contributed by atoms with Crippen LogP contribution in [-0.4, -0.2) is 14.2 Å². The first kappa shape index (κ1) is 14.9. The third kappa shape index (κ3) is 3.14. The zero-order valence-corrected chi connectivity index (χ0v) is 13.2. The smallest absolute Gasteiger partial charge is 0.160 e. The van der Waals surface area contributed by atoms with Gasteiger partial charge in [-0.1, -0.05) is 6.07 Å².